The van der Waals surface area contributed by atoms with Crippen LogP contribution in [0, 0.1) is 15.5 Å². The quantitative estimate of drug-likeness (QED) is 0.455. The topological polar surface area (TPSA) is 93.9 Å². The molecule has 0 saturated carbocycles. The molecule has 0 amide bonds. The lowest BCUT2D eigenvalue weighted by Crippen LogP contribution is -2.26. The lowest BCUT2D eigenvalue weighted by Gasteiger charge is -2.05. The van der Waals surface area contributed by atoms with Crippen LogP contribution in [0.4, 0.5) is 5.69 Å². The van der Waals surface area contributed by atoms with Crippen molar-refractivity contribution in [1.82, 2.24) is 9.13 Å². The minimum Gasteiger partial charge on any atom is -0.313 e. The van der Waals surface area contributed by atoms with Crippen LogP contribution in [0.15, 0.2) is 48.5 Å². The van der Waals surface area contributed by atoms with Crippen LogP contribution in [0.25, 0.3) is 11.0 Å². The van der Waals surface area contributed by atoms with Crippen LogP contribution in [0.3, 0.4) is 0 Å². The van der Waals surface area contributed by atoms with Crippen molar-refractivity contribution in [3.05, 3.63) is 69.8 Å². The summed E-state index contributed by atoms with van der Waals surface area (Å²) >= 11 is 0. The van der Waals surface area contributed by atoms with E-state index in [2.05, 4.69) is 0 Å². The number of fused-ring (bicyclic) bond motifs is 1. The molecule has 0 atom stereocenters. The monoisotopic (exact) mass is 310 g/mol. The fraction of sp³-hybridized carbons (Fsp3) is 0.125. The summed E-state index contributed by atoms with van der Waals surface area (Å²) < 4.78 is 3.22. The average Bonchev–Trinajstić information content (AvgIpc) is 2.80. The molecule has 3 aromatic rings. The van der Waals surface area contributed by atoms with Gasteiger partial charge in [-0.2, -0.15) is 0 Å². The summed E-state index contributed by atoms with van der Waals surface area (Å²) in [5, 5.41) is 19.2. The molecule has 0 saturated heterocycles. The smallest absolute Gasteiger partial charge is 0.280 e. The van der Waals surface area contributed by atoms with Crippen molar-refractivity contribution in [2.24, 2.45) is 7.05 Å². The number of rotatable bonds is 4. The Morgan fingerprint density at radius 3 is 2.43 bits per heavy atom. The van der Waals surface area contributed by atoms with Crippen LogP contribution in [-0.4, -0.2) is 19.8 Å². The van der Waals surface area contributed by atoms with Gasteiger partial charge in [0.15, 0.2) is 5.78 Å². The highest BCUT2D eigenvalue weighted by Gasteiger charge is 2.20. The van der Waals surface area contributed by atoms with Gasteiger partial charge in [-0.25, -0.2) is 0 Å². The lowest BCUT2D eigenvalue weighted by atomic mass is 10.1. The van der Waals surface area contributed by atoms with Gasteiger partial charge in [-0.15, -0.1) is 0 Å². The zero-order chi connectivity index (χ0) is 16.6. The van der Waals surface area contributed by atoms with Gasteiger partial charge in [0.1, 0.15) is 0 Å². The molecule has 0 spiro atoms. The third kappa shape index (κ3) is 2.42. The van der Waals surface area contributed by atoms with Gasteiger partial charge in [0.2, 0.25) is 5.62 Å². The van der Waals surface area contributed by atoms with E-state index in [9.17, 15) is 14.9 Å². The van der Waals surface area contributed by atoms with Gasteiger partial charge < -0.3 is 9.13 Å². The fourth-order valence-electron chi connectivity index (χ4n) is 2.64. The molecule has 1 N–H and O–H groups in total. The first-order valence-electron chi connectivity index (χ1n) is 6.96. The van der Waals surface area contributed by atoms with E-state index in [1.54, 1.807) is 22.2 Å². The van der Waals surface area contributed by atoms with Crippen molar-refractivity contribution < 1.29 is 9.72 Å². The molecule has 0 fully saturated rings. The zero-order valence-electron chi connectivity index (χ0n) is 12.4. The third-order valence-corrected chi connectivity index (χ3v) is 3.81. The van der Waals surface area contributed by atoms with Gasteiger partial charge >= 0.3 is 0 Å². The SMILES string of the molecule is Cn1c(=N)n(CC(=O)c2ccccc2[N+](=O)[O-])c2ccccc21. The predicted octanol–water partition coefficient (Wildman–Crippen LogP) is 2.25. The Kier molecular flexibility index (Phi) is 3.53. The zero-order valence-corrected chi connectivity index (χ0v) is 12.4. The number of aryl methyl sites for hydroxylation is 1. The summed E-state index contributed by atoms with van der Waals surface area (Å²) in [5.41, 5.74) is 1.57. The number of carbonyl (C=O) groups is 1. The molecule has 0 radical (unpaired) electrons. The Labute approximate surface area is 131 Å². The second kappa shape index (κ2) is 5.53. The highest BCUT2D eigenvalue weighted by Crippen LogP contribution is 2.19. The number of ketones is 1. The van der Waals surface area contributed by atoms with Gasteiger partial charge in [-0.3, -0.25) is 20.3 Å². The molecule has 0 aliphatic carbocycles. The average molecular weight is 310 g/mol. The normalized spacial score (nSPS) is 10.8. The van der Waals surface area contributed by atoms with Crippen molar-refractivity contribution >= 4 is 22.5 Å². The van der Waals surface area contributed by atoms with E-state index in [1.807, 2.05) is 24.3 Å². The third-order valence-electron chi connectivity index (χ3n) is 3.81. The van der Waals surface area contributed by atoms with Crippen molar-refractivity contribution in [2.75, 3.05) is 0 Å². The maximum Gasteiger partial charge on any atom is 0.280 e. The molecular weight excluding hydrogens is 296 g/mol. The van der Waals surface area contributed by atoms with Crippen LogP contribution in [0.1, 0.15) is 10.4 Å². The molecule has 0 aliphatic heterocycles. The van der Waals surface area contributed by atoms with Crippen molar-refractivity contribution in [1.29, 1.82) is 5.41 Å². The molecule has 1 aromatic heterocycles. The minimum absolute atomic E-state index is 0.0531. The number of carbonyl (C=O) groups excluding carboxylic acids is 1. The first-order valence-corrected chi connectivity index (χ1v) is 6.96. The molecule has 116 valence electrons. The number of aromatic nitrogens is 2. The lowest BCUT2D eigenvalue weighted by molar-refractivity contribution is -0.385. The molecule has 0 bridgehead atoms. The van der Waals surface area contributed by atoms with Crippen molar-refractivity contribution in [2.45, 2.75) is 6.54 Å². The first kappa shape index (κ1) is 14.7. The number of nitrogens with zero attached hydrogens (tertiary/aromatic N) is 3. The van der Waals surface area contributed by atoms with E-state index in [0.717, 1.165) is 11.0 Å². The standard InChI is InChI=1S/C16H14N4O3/c1-18-13-8-4-5-9-14(13)19(16(18)17)10-15(21)11-6-2-3-7-12(11)20(22)23/h2-9,17H,10H2,1H3. The summed E-state index contributed by atoms with van der Waals surface area (Å²) in [6.07, 6.45) is 0. The number of para-hydroxylation sites is 3. The molecule has 3 rings (SSSR count). The molecule has 0 unspecified atom stereocenters. The number of Topliss-reactive ketones (excluding diaryl/α,β-unsaturated/α-hetero) is 1. The maximum absolute atomic E-state index is 12.5. The summed E-state index contributed by atoms with van der Waals surface area (Å²) in [5.74, 6) is -0.396. The molecule has 2 aromatic carbocycles. The first-order chi connectivity index (χ1) is 11.0. The number of hydrogen-bond acceptors (Lipinski definition) is 4. The Balaban J connectivity index is 2.07. The van der Waals surface area contributed by atoms with Gasteiger partial charge in [0.05, 0.1) is 28.1 Å². The second-order valence-electron chi connectivity index (χ2n) is 5.15. The molecule has 7 nitrogen and oxygen atoms in total. The Bertz CT molecular complexity index is 984. The van der Waals surface area contributed by atoms with Gasteiger partial charge in [0.25, 0.3) is 5.69 Å². The van der Waals surface area contributed by atoms with E-state index in [4.69, 9.17) is 5.41 Å². The van der Waals surface area contributed by atoms with Crippen LogP contribution in [0.2, 0.25) is 0 Å². The van der Waals surface area contributed by atoms with Gasteiger partial charge in [0, 0.05) is 13.1 Å². The van der Waals surface area contributed by atoms with Gasteiger partial charge in [-0.1, -0.05) is 24.3 Å². The van der Waals surface area contributed by atoms with E-state index in [1.165, 1.54) is 18.2 Å². The maximum atomic E-state index is 12.5. The molecular formula is C16H14N4O3. The highest BCUT2D eigenvalue weighted by atomic mass is 16.6. The molecule has 7 heteroatoms. The van der Waals surface area contributed by atoms with E-state index >= 15 is 0 Å². The second-order valence-corrected chi connectivity index (χ2v) is 5.15. The molecule has 23 heavy (non-hydrogen) atoms. The summed E-state index contributed by atoms with van der Waals surface area (Å²) in [7, 11) is 1.75. The van der Waals surface area contributed by atoms with Crippen molar-refractivity contribution in [3.63, 3.8) is 0 Å². The highest BCUT2D eigenvalue weighted by molar-refractivity contribution is 6.00. The summed E-state index contributed by atoms with van der Waals surface area (Å²) in [6.45, 7) is -0.120. The van der Waals surface area contributed by atoms with Crippen LogP contribution in [-0.2, 0) is 13.6 Å². The number of benzene rings is 2. The van der Waals surface area contributed by atoms with Crippen molar-refractivity contribution in [3.8, 4) is 0 Å². The molecule has 0 aliphatic rings. The Morgan fingerprint density at radius 1 is 1.13 bits per heavy atom. The summed E-state index contributed by atoms with van der Waals surface area (Å²) in [4.78, 5) is 23.0. The van der Waals surface area contributed by atoms with Crippen LogP contribution in [0.5, 0.6) is 0 Å². The summed E-state index contributed by atoms with van der Waals surface area (Å²) in [6, 6.07) is 13.2. The Hall–Kier alpha value is -3.22. The number of imidazole rings is 1. The number of hydrogen-bond donors (Lipinski definition) is 1. The minimum atomic E-state index is -0.567. The predicted molar refractivity (Wildman–Crippen MR) is 84.2 cm³/mol. The van der Waals surface area contributed by atoms with Gasteiger partial charge in [-0.05, 0) is 18.2 Å². The largest absolute Gasteiger partial charge is 0.313 e. The fourth-order valence-corrected chi connectivity index (χ4v) is 2.64. The number of nitrogens with one attached hydrogen (secondary N) is 1. The van der Waals surface area contributed by atoms with E-state index < -0.39 is 10.7 Å². The van der Waals surface area contributed by atoms with E-state index in [0.29, 0.717) is 0 Å². The number of nitro benzene ring substituents is 1. The number of nitro groups is 1. The molecule has 1 heterocycles. The van der Waals surface area contributed by atoms with E-state index in [-0.39, 0.29) is 23.4 Å². The van der Waals surface area contributed by atoms with Crippen LogP contribution < -0.4 is 5.62 Å². The van der Waals surface area contributed by atoms with Crippen LogP contribution >= 0.6 is 0 Å². The Morgan fingerprint density at radius 2 is 1.74 bits per heavy atom.